The first-order valence-corrected chi connectivity index (χ1v) is 10.1. The third kappa shape index (κ3) is 4.76. The summed E-state index contributed by atoms with van der Waals surface area (Å²) in [5, 5.41) is 3.23. The molecule has 2 N–H and O–H groups in total. The molecule has 24 heavy (non-hydrogen) atoms. The number of para-hydroxylation sites is 2. The summed E-state index contributed by atoms with van der Waals surface area (Å²) in [4.78, 5) is 19.9. The molecule has 1 aromatic carbocycles. The van der Waals surface area contributed by atoms with Gasteiger partial charge >= 0.3 is 0 Å². The Labute approximate surface area is 148 Å². The van der Waals surface area contributed by atoms with Crippen LogP contribution in [0.3, 0.4) is 0 Å². The van der Waals surface area contributed by atoms with Crippen molar-refractivity contribution in [3.8, 4) is 0 Å². The maximum atomic E-state index is 12.0. The number of benzene rings is 1. The van der Waals surface area contributed by atoms with Crippen molar-refractivity contribution in [2.45, 2.75) is 50.7 Å². The Bertz CT molecular complexity index is 630. The van der Waals surface area contributed by atoms with Gasteiger partial charge in [-0.05, 0) is 37.8 Å². The van der Waals surface area contributed by atoms with Crippen LogP contribution in [0.15, 0.2) is 24.3 Å². The van der Waals surface area contributed by atoms with Crippen LogP contribution in [0.1, 0.15) is 56.5 Å². The fourth-order valence-corrected chi connectivity index (χ4v) is 4.19. The molecule has 1 unspecified atom stereocenters. The molecule has 0 aliphatic heterocycles. The van der Waals surface area contributed by atoms with Crippen LogP contribution in [-0.2, 0) is 4.79 Å². The molecule has 1 amide bonds. The van der Waals surface area contributed by atoms with E-state index in [1.54, 1.807) is 11.8 Å². The Balaban J connectivity index is 1.35. The van der Waals surface area contributed by atoms with Gasteiger partial charge in [-0.15, -0.1) is 11.8 Å². The molecular formula is C19H27N3OS. The molecule has 1 aliphatic rings. The van der Waals surface area contributed by atoms with E-state index in [-0.39, 0.29) is 11.2 Å². The number of carbonyl (C=O) groups excluding carboxylic acids is 1. The topological polar surface area (TPSA) is 57.8 Å². The lowest BCUT2D eigenvalue weighted by molar-refractivity contribution is -0.118. The molecule has 1 atom stereocenters. The number of nitrogens with zero attached hydrogens (tertiary/aromatic N) is 1. The van der Waals surface area contributed by atoms with Crippen molar-refractivity contribution in [2.24, 2.45) is 5.92 Å². The summed E-state index contributed by atoms with van der Waals surface area (Å²) in [6.07, 6.45) is 7.95. The van der Waals surface area contributed by atoms with E-state index < -0.39 is 0 Å². The minimum atomic E-state index is 0.134. The molecule has 1 aliphatic carbocycles. The quantitative estimate of drug-likeness (QED) is 0.695. The van der Waals surface area contributed by atoms with Gasteiger partial charge in [0.2, 0.25) is 5.91 Å². The van der Waals surface area contributed by atoms with E-state index in [4.69, 9.17) is 0 Å². The zero-order valence-corrected chi connectivity index (χ0v) is 15.2. The third-order valence-electron chi connectivity index (χ3n) is 4.84. The molecule has 1 fully saturated rings. The zero-order chi connectivity index (χ0) is 16.8. The van der Waals surface area contributed by atoms with Gasteiger partial charge in [-0.25, -0.2) is 4.98 Å². The van der Waals surface area contributed by atoms with Gasteiger partial charge in [-0.1, -0.05) is 37.8 Å². The summed E-state index contributed by atoms with van der Waals surface area (Å²) in [7, 11) is 0. The van der Waals surface area contributed by atoms with Crippen LogP contribution in [0.5, 0.6) is 0 Å². The number of nitrogens with one attached hydrogen (secondary N) is 2. The highest BCUT2D eigenvalue weighted by molar-refractivity contribution is 8.00. The largest absolute Gasteiger partial charge is 0.355 e. The second kappa shape index (κ2) is 8.56. The smallest absolute Gasteiger partial charge is 0.230 e. The lowest BCUT2D eigenvalue weighted by Gasteiger charge is -2.10. The Morgan fingerprint density at radius 1 is 1.38 bits per heavy atom. The molecule has 0 radical (unpaired) electrons. The number of aromatic nitrogens is 2. The molecule has 5 heteroatoms. The Kier molecular flexibility index (Phi) is 6.18. The summed E-state index contributed by atoms with van der Waals surface area (Å²) >= 11 is 1.63. The van der Waals surface area contributed by atoms with Crippen molar-refractivity contribution in [2.75, 3.05) is 12.3 Å². The summed E-state index contributed by atoms with van der Waals surface area (Å²) in [5.41, 5.74) is 2.03. The van der Waals surface area contributed by atoms with Gasteiger partial charge in [0.25, 0.3) is 0 Å². The summed E-state index contributed by atoms with van der Waals surface area (Å²) in [5.74, 6) is 2.47. The fourth-order valence-electron chi connectivity index (χ4n) is 3.41. The number of hydrogen-bond donors (Lipinski definition) is 2. The molecule has 4 nitrogen and oxygen atoms in total. The predicted octanol–water partition coefficient (Wildman–Crippen LogP) is 4.44. The summed E-state index contributed by atoms with van der Waals surface area (Å²) in [6.45, 7) is 2.91. The fraction of sp³-hybridized carbons (Fsp3) is 0.579. The van der Waals surface area contributed by atoms with E-state index in [2.05, 4.69) is 22.2 Å². The van der Waals surface area contributed by atoms with Gasteiger partial charge in [0.05, 0.1) is 22.0 Å². The van der Waals surface area contributed by atoms with Crippen LogP contribution < -0.4 is 5.32 Å². The highest BCUT2D eigenvalue weighted by Gasteiger charge is 2.15. The lowest BCUT2D eigenvalue weighted by atomic mass is 10.0. The third-order valence-corrected chi connectivity index (χ3v) is 6.00. The van der Waals surface area contributed by atoms with E-state index in [1.165, 1.54) is 32.1 Å². The maximum Gasteiger partial charge on any atom is 0.230 e. The van der Waals surface area contributed by atoms with Gasteiger partial charge in [0.1, 0.15) is 5.82 Å². The van der Waals surface area contributed by atoms with Crippen LogP contribution in [0.4, 0.5) is 0 Å². The summed E-state index contributed by atoms with van der Waals surface area (Å²) in [6, 6.07) is 8.02. The standard InChI is InChI=1S/C19H27N3OS/c1-14(19-21-16-10-4-5-11-17(16)22-19)24-13-18(23)20-12-6-9-15-7-2-3-8-15/h4-5,10-11,14-15H,2-3,6-9,12-13H2,1H3,(H,20,23)(H,21,22). The molecule has 0 bridgehead atoms. The average Bonchev–Trinajstić information content (AvgIpc) is 3.25. The van der Waals surface area contributed by atoms with Gasteiger partial charge in [-0.2, -0.15) is 0 Å². The molecule has 0 saturated heterocycles. The van der Waals surface area contributed by atoms with Crippen molar-refractivity contribution >= 4 is 28.7 Å². The monoisotopic (exact) mass is 345 g/mol. The van der Waals surface area contributed by atoms with Crippen LogP contribution >= 0.6 is 11.8 Å². The number of thioether (sulfide) groups is 1. The van der Waals surface area contributed by atoms with Gasteiger partial charge in [0.15, 0.2) is 0 Å². The van der Waals surface area contributed by atoms with Crippen molar-refractivity contribution in [3.05, 3.63) is 30.1 Å². The van der Waals surface area contributed by atoms with Crippen LogP contribution in [0.2, 0.25) is 0 Å². The van der Waals surface area contributed by atoms with E-state index in [1.807, 2.05) is 24.3 Å². The first kappa shape index (κ1) is 17.3. The molecule has 1 heterocycles. The molecule has 130 valence electrons. The first-order chi connectivity index (χ1) is 11.7. The number of imidazole rings is 1. The van der Waals surface area contributed by atoms with Crippen LogP contribution in [0.25, 0.3) is 11.0 Å². The molecule has 0 spiro atoms. The minimum absolute atomic E-state index is 0.134. The number of fused-ring (bicyclic) bond motifs is 1. The number of H-pyrrole nitrogens is 1. The Morgan fingerprint density at radius 3 is 2.96 bits per heavy atom. The molecular weight excluding hydrogens is 318 g/mol. The van der Waals surface area contributed by atoms with E-state index in [0.717, 1.165) is 35.7 Å². The Hall–Kier alpha value is -1.49. The second-order valence-electron chi connectivity index (χ2n) is 6.74. The van der Waals surface area contributed by atoms with Crippen molar-refractivity contribution < 1.29 is 4.79 Å². The first-order valence-electron chi connectivity index (χ1n) is 9.05. The lowest BCUT2D eigenvalue weighted by Crippen LogP contribution is -2.26. The predicted molar refractivity (Wildman–Crippen MR) is 101 cm³/mol. The number of carbonyl (C=O) groups is 1. The van der Waals surface area contributed by atoms with E-state index in [0.29, 0.717) is 5.75 Å². The number of rotatable bonds is 8. The number of amides is 1. The van der Waals surface area contributed by atoms with Crippen molar-refractivity contribution in [3.63, 3.8) is 0 Å². The zero-order valence-electron chi connectivity index (χ0n) is 14.4. The van der Waals surface area contributed by atoms with Crippen molar-refractivity contribution in [1.29, 1.82) is 0 Å². The molecule has 1 saturated carbocycles. The van der Waals surface area contributed by atoms with Crippen LogP contribution in [-0.4, -0.2) is 28.2 Å². The SMILES string of the molecule is CC(SCC(=O)NCCCC1CCCC1)c1nc2ccccc2[nH]1. The average molecular weight is 346 g/mol. The molecule has 3 rings (SSSR count). The Morgan fingerprint density at radius 2 is 2.17 bits per heavy atom. The molecule has 2 aromatic rings. The number of aromatic amines is 1. The highest BCUT2D eigenvalue weighted by Crippen LogP contribution is 2.29. The van der Waals surface area contributed by atoms with E-state index >= 15 is 0 Å². The highest BCUT2D eigenvalue weighted by atomic mass is 32.2. The van der Waals surface area contributed by atoms with Gasteiger partial charge in [-0.3, -0.25) is 4.79 Å². The minimum Gasteiger partial charge on any atom is -0.355 e. The van der Waals surface area contributed by atoms with Crippen LogP contribution in [0, 0.1) is 5.92 Å². The maximum absolute atomic E-state index is 12.0. The van der Waals surface area contributed by atoms with E-state index in [9.17, 15) is 4.79 Å². The molecule has 1 aromatic heterocycles. The van der Waals surface area contributed by atoms with Gasteiger partial charge in [0, 0.05) is 6.54 Å². The summed E-state index contributed by atoms with van der Waals surface area (Å²) < 4.78 is 0. The normalized spacial score (nSPS) is 16.5. The number of hydrogen-bond acceptors (Lipinski definition) is 3. The second-order valence-corrected chi connectivity index (χ2v) is 8.06. The van der Waals surface area contributed by atoms with Crippen molar-refractivity contribution in [1.82, 2.24) is 15.3 Å². The van der Waals surface area contributed by atoms with Gasteiger partial charge < -0.3 is 10.3 Å².